The van der Waals surface area contributed by atoms with Crippen LogP contribution in [0, 0.1) is 0 Å². The van der Waals surface area contributed by atoms with Crippen LogP contribution in [-0.2, 0) is 32.6 Å². The summed E-state index contributed by atoms with van der Waals surface area (Å²) in [6.07, 6.45) is 0.653. The lowest BCUT2D eigenvalue weighted by atomic mass is 10.0. The summed E-state index contributed by atoms with van der Waals surface area (Å²) in [7, 11) is -2.72. The second-order valence-electron chi connectivity index (χ2n) is 10.0. The Morgan fingerprint density at radius 3 is 2.22 bits per heavy atom. The van der Waals surface area contributed by atoms with Gasteiger partial charge in [-0.15, -0.1) is 0 Å². The Kier molecular flexibility index (Phi) is 13.8. The maximum absolute atomic E-state index is 13.4. The number of nitrogens with zero attached hydrogens (tertiary/aromatic N) is 1. The molecule has 2 aromatic rings. The number of amides is 2. The van der Waals surface area contributed by atoms with E-state index in [9.17, 15) is 28.2 Å². The fourth-order valence-corrected chi connectivity index (χ4v) is 6.74. The number of halogens is 2. The van der Waals surface area contributed by atoms with Crippen molar-refractivity contribution in [3.05, 3.63) is 63.6 Å². The molecule has 0 saturated heterocycles. The number of aliphatic hydroxyl groups is 2. The highest BCUT2D eigenvalue weighted by Crippen LogP contribution is 2.27. The van der Waals surface area contributed by atoms with Gasteiger partial charge in [-0.2, -0.15) is 4.31 Å². The molecule has 0 saturated carbocycles. The third-order valence-corrected chi connectivity index (χ3v) is 9.57. The number of methoxy groups -OCH3 is 1. The fourth-order valence-electron chi connectivity index (χ4n) is 4.49. The SMILES string of the molecule is COC(=O)NC(Cc1cccc(Cl)c1Cl)C(=O)N[C@@H](C)CCC[C@@H](CO)N(C(C)C)S(=O)(=O)c1ccc(CO)cc1. The van der Waals surface area contributed by atoms with Crippen molar-refractivity contribution in [2.45, 2.75) is 82.1 Å². The predicted octanol–water partition coefficient (Wildman–Crippen LogP) is 3.89. The van der Waals surface area contributed by atoms with E-state index >= 15 is 0 Å². The summed E-state index contributed by atoms with van der Waals surface area (Å²) in [4.78, 5) is 25.1. The smallest absolute Gasteiger partial charge is 0.407 e. The number of nitrogens with one attached hydrogen (secondary N) is 2. The molecule has 4 N–H and O–H groups in total. The van der Waals surface area contributed by atoms with E-state index in [2.05, 4.69) is 15.4 Å². The quantitative estimate of drug-likeness (QED) is 0.233. The lowest BCUT2D eigenvalue weighted by Crippen LogP contribution is -2.50. The van der Waals surface area contributed by atoms with Crippen molar-refractivity contribution in [3.63, 3.8) is 0 Å². The lowest BCUT2D eigenvalue weighted by molar-refractivity contribution is -0.123. The predicted molar refractivity (Wildman–Crippen MR) is 158 cm³/mol. The molecule has 2 rings (SSSR count). The zero-order valence-corrected chi connectivity index (χ0v) is 26.0. The van der Waals surface area contributed by atoms with Gasteiger partial charge >= 0.3 is 6.09 Å². The summed E-state index contributed by atoms with van der Waals surface area (Å²) in [5.74, 6) is -0.449. The van der Waals surface area contributed by atoms with Crippen LogP contribution in [0.4, 0.5) is 4.79 Å². The normalized spacial score (nSPS) is 14.0. The van der Waals surface area contributed by atoms with Crippen molar-refractivity contribution in [3.8, 4) is 0 Å². The highest BCUT2D eigenvalue weighted by atomic mass is 35.5. The van der Waals surface area contributed by atoms with Gasteiger partial charge in [0.05, 0.1) is 35.3 Å². The van der Waals surface area contributed by atoms with E-state index < -0.39 is 40.1 Å². The number of sulfonamides is 1. The van der Waals surface area contributed by atoms with Gasteiger partial charge in [0.25, 0.3) is 0 Å². The first-order chi connectivity index (χ1) is 19.3. The maximum atomic E-state index is 13.4. The standard InChI is InChI=1S/C28H39Cl2N3O7S/c1-18(2)33(41(38,39)23-13-11-20(16-34)12-14-23)22(17-35)9-5-7-19(3)31-27(36)25(32-28(37)40-4)15-21-8-6-10-24(29)26(21)30/h6,8,10-14,18-19,22,25,34-35H,5,7,9,15-17H2,1-4H3,(H,31,36)(H,32,37)/t19-,22-,25?/m0/s1. The van der Waals surface area contributed by atoms with Gasteiger partial charge in [-0.3, -0.25) is 4.79 Å². The molecule has 0 heterocycles. The zero-order valence-electron chi connectivity index (χ0n) is 23.6. The van der Waals surface area contributed by atoms with E-state index in [1.807, 2.05) is 0 Å². The molecule has 228 valence electrons. The van der Waals surface area contributed by atoms with Crippen molar-refractivity contribution < 1.29 is 33.0 Å². The van der Waals surface area contributed by atoms with Gasteiger partial charge in [0, 0.05) is 24.5 Å². The van der Waals surface area contributed by atoms with Crippen molar-refractivity contribution in [2.24, 2.45) is 0 Å². The molecule has 0 aliphatic carbocycles. The first kappa shape index (κ1) is 34.8. The van der Waals surface area contributed by atoms with Gasteiger partial charge in [-0.25, -0.2) is 13.2 Å². The molecule has 0 aromatic heterocycles. The van der Waals surface area contributed by atoms with Crippen LogP contribution < -0.4 is 10.6 Å². The monoisotopic (exact) mass is 631 g/mol. The number of alkyl carbamates (subject to hydrolysis) is 1. The van der Waals surface area contributed by atoms with Crippen molar-refractivity contribution >= 4 is 45.2 Å². The second kappa shape index (κ2) is 16.3. The average Bonchev–Trinajstić information content (AvgIpc) is 2.93. The topological polar surface area (TPSA) is 145 Å². The molecule has 0 radical (unpaired) electrons. The average molecular weight is 633 g/mol. The Labute approximate surface area is 252 Å². The Morgan fingerprint density at radius 1 is 1.00 bits per heavy atom. The number of benzene rings is 2. The van der Waals surface area contributed by atoms with E-state index in [-0.39, 0.29) is 35.6 Å². The number of aliphatic hydroxyl groups excluding tert-OH is 2. The number of carbonyl (C=O) groups is 2. The van der Waals surface area contributed by atoms with E-state index in [4.69, 9.17) is 23.2 Å². The molecule has 0 fully saturated rings. The van der Waals surface area contributed by atoms with Gasteiger partial charge in [0.1, 0.15) is 6.04 Å². The van der Waals surface area contributed by atoms with Crippen LogP contribution in [0.15, 0.2) is 47.4 Å². The van der Waals surface area contributed by atoms with Crippen LogP contribution >= 0.6 is 23.2 Å². The summed E-state index contributed by atoms with van der Waals surface area (Å²) in [6.45, 7) is 4.71. The molecule has 0 spiro atoms. The highest BCUT2D eigenvalue weighted by Gasteiger charge is 2.33. The zero-order chi connectivity index (χ0) is 30.7. The minimum absolute atomic E-state index is 0.0754. The van der Waals surface area contributed by atoms with Gasteiger partial charge in [-0.1, -0.05) is 47.5 Å². The van der Waals surface area contributed by atoms with Crippen LogP contribution in [0.3, 0.4) is 0 Å². The summed E-state index contributed by atoms with van der Waals surface area (Å²) < 4.78 is 32.8. The van der Waals surface area contributed by atoms with Gasteiger partial charge in [0.15, 0.2) is 0 Å². The summed E-state index contributed by atoms with van der Waals surface area (Å²) in [6, 6.07) is 8.60. The van der Waals surface area contributed by atoms with E-state index in [1.165, 1.54) is 23.5 Å². The van der Waals surface area contributed by atoms with Crippen molar-refractivity contribution in [2.75, 3.05) is 13.7 Å². The minimum atomic E-state index is -3.92. The van der Waals surface area contributed by atoms with E-state index in [0.29, 0.717) is 35.4 Å². The number of rotatable bonds is 15. The molecule has 0 aliphatic rings. The molecule has 10 nitrogen and oxygen atoms in total. The molecule has 2 amide bonds. The lowest BCUT2D eigenvalue weighted by Gasteiger charge is -2.33. The molecular weight excluding hydrogens is 593 g/mol. The summed E-state index contributed by atoms with van der Waals surface area (Å²) in [5.41, 5.74) is 1.17. The van der Waals surface area contributed by atoms with Crippen LogP contribution in [0.5, 0.6) is 0 Å². The third-order valence-electron chi connectivity index (χ3n) is 6.57. The fraction of sp³-hybridized carbons (Fsp3) is 0.500. The largest absolute Gasteiger partial charge is 0.453 e. The Balaban J connectivity index is 2.06. The molecule has 41 heavy (non-hydrogen) atoms. The van der Waals surface area contributed by atoms with Crippen molar-refractivity contribution in [1.82, 2.24) is 14.9 Å². The molecule has 2 aromatic carbocycles. The number of hydrogen-bond donors (Lipinski definition) is 4. The summed E-state index contributed by atoms with van der Waals surface area (Å²) >= 11 is 12.4. The second-order valence-corrected chi connectivity index (χ2v) is 12.6. The maximum Gasteiger partial charge on any atom is 0.407 e. The first-order valence-corrected chi connectivity index (χ1v) is 15.5. The van der Waals surface area contributed by atoms with E-state index in [1.54, 1.807) is 51.1 Å². The minimum Gasteiger partial charge on any atom is -0.453 e. The Morgan fingerprint density at radius 2 is 1.66 bits per heavy atom. The number of ether oxygens (including phenoxy) is 1. The van der Waals surface area contributed by atoms with Crippen LogP contribution in [0.25, 0.3) is 0 Å². The molecule has 0 bridgehead atoms. The Bertz CT molecular complexity index is 1260. The third kappa shape index (κ3) is 9.83. The van der Waals surface area contributed by atoms with E-state index in [0.717, 1.165) is 0 Å². The van der Waals surface area contributed by atoms with Crippen LogP contribution in [-0.4, -0.2) is 72.8 Å². The van der Waals surface area contributed by atoms with Gasteiger partial charge in [-0.05, 0) is 69.4 Å². The molecule has 0 aliphatic heterocycles. The molecular formula is C28H39Cl2N3O7S. The molecule has 13 heteroatoms. The van der Waals surface area contributed by atoms with Gasteiger partial charge < -0.3 is 25.6 Å². The highest BCUT2D eigenvalue weighted by molar-refractivity contribution is 7.89. The molecule has 3 atom stereocenters. The molecule has 1 unspecified atom stereocenters. The van der Waals surface area contributed by atoms with Crippen LogP contribution in [0.1, 0.15) is 51.2 Å². The summed E-state index contributed by atoms with van der Waals surface area (Å²) in [5, 5.41) is 25.4. The number of hydrogen-bond acceptors (Lipinski definition) is 7. The first-order valence-electron chi connectivity index (χ1n) is 13.3. The van der Waals surface area contributed by atoms with Crippen LogP contribution in [0.2, 0.25) is 10.0 Å². The van der Waals surface area contributed by atoms with Crippen molar-refractivity contribution in [1.29, 1.82) is 0 Å². The van der Waals surface area contributed by atoms with Gasteiger partial charge in [0.2, 0.25) is 15.9 Å². The number of carbonyl (C=O) groups excluding carboxylic acids is 2. The Hall–Kier alpha value is -2.41.